The SMILES string of the molecule is CCCCCCCCC/C=C/CC(=O)OC. The van der Waals surface area contributed by atoms with Crippen molar-refractivity contribution < 1.29 is 9.53 Å². The fraction of sp³-hybridized carbons (Fsp3) is 0.786. The topological polar surface area (TPSA) is 26.3 Å². The Labute approximate surface area is 100 Å². The summed E-state index contributed by atoms with van der Waals surface area (Å²) < 4.78 is 4.54. The quantitative estimate of drug-likeness (QED) is 0.316. The average Bonchev–Trinajstić information content (AvgIpc) is 2.31. The summed E-state index contributed by atoms with van der Waals surface area (Å²) in [6, 6.07) is 0. The second kappa shape index (κ2) is 12.3. The molecule has 0 spiro atoms. The number of allylic oxidation sites excluding steroid dienone is 1. The molecule has 2 heteroatoms. The van der Waals surface area contributed by atoms with Crippen LogP contribution in [0.5, 0.6) is 0 Å². The molecule has 2 nitrogen and oxygen atoms in total. The first-order valence-corrected chi connectivity index (χ1v) is 6.53. The van der Waals surface area contributed by atoms with Crippen molar-refractivity contribution in [2.45, 2.75) is 64.7 Å². The van der Waals surface area contributed by atoms with Gasteiger partial charge in [-0.1, -0.05) is 57.6 Å². The summed E-state index contributed by atoms with van der Waals surface area (Å²) in [7, 11) is 1.42. The Balaban J connectivity index is 3.11. The summed E-state index contributed by atoms with van der Waals surface area (Å²) in [5, 5.41) is 0. The number of methoxy groups -OCH3 is 1. The van der Waals surface area contributed by atoms with E-state index in [1.807, 2.05) is 6.08 Å². The van der Waals surface area contributed by atoms with Crippen LogP contribution in [-0.2, 0) is 9.53 Å². The van der Waals surface area contributed by atoms with Crippen LogP contribution in [0.25, 0.3) is 0 Å². The number of esters is 1. The maximum absolute atomic E-state index is 10.8. The maximum atomic E-state index is 10.8. The summed E-state index contributed by atoms with van der Waals surface area (Å²) in [6.07, 6.45) is 14.8. The van der Waals surface area contributed by atoms with E-state index in [1.54, 1.807) is 0 Å². The molecule has 0 heterocycles. The number of carbonyl (C=O) groups excluding carboxylic acids is 1. The Hall–Kier alpha value is -0.790. The third kappa shape index (κ3) is 11.3. The molecule has 0 aromatic rings. The standard InChI is InChI=1S/C14H26O2/c1-3-4-5-6-7-8-9-10-11-12-13-14(15)16-2/h11-12H,3-10,13H2,1-2H3/b12-11+. The van der Waals surface area contributed by atoms with Gasteiger partial charge in [0.05, 0.1) is 13.5 Å². The third-order valence-electron chi connectivity index (χ3n) is 2.65. The zero-order valence-electron chi connectivity index (χ0n) is 10.8. The number of ether oxygens (including phenoxy) is 1. The van der Waals surface area contributed by atoms with Crippen LogP contribution < -0.4 is 0 Å². The van der Waals surface area contributed by atoms with Crippen molar-refractivity contribution in [2.75, 3.05) is 7.11 Å². The molecule has 0 atom stereocenters. The van der Waals surface area contributed by atoms with Crippen LogP contribution in [0, 0.1) is 0 Å². The van der Waals surface area contributed by atoms with Crippen molar-refractivity contribution in [1.29, 1.82) is 0 Å². The lowest BCUT2D eigenvalue weighted by atomic mass is 10.1. The summed E-state index contributed by atoms with van der Waals surface area (Å²) in [5.41, 5.74) is 0. The van der Waals surface area contributed by atoms with E-state index in [4.69, 9.17) is 0 Å². The Morgan fingerprint density at radius 2 is 1.62 bits per heavy atom. The lowest BCUT2D eigenvalue weighted by molar-refractivity contribution is -0.139. The number of hydrogen-bond donors (Lipinski definition) is 0. The van der Waals surface area contributed by atoms with Gasteiger partial charge in [0.25, 0.3) is 0 Å². The molecule has 94 valence electrons. The van der Waals surface area contributed by atoms with Crippen LogP contribution in [0.4, 0.5) is 0 Å². The summed E-state index contributed by atoms with van der Waals surface area (Å²) >= 11 is 0. The molecule has 0 aromatic carbocycles. The minimum Gasteiger partial charge on any atom is -0.469 e. The van der Waals surface area contributed by atoms with Crippen molar-refractivity contribution in [3.05, 3.63) is 12.2 Å². The monoisotopic (exact) mass is 226 g/mol. The zero-order valence-corrected chi connectivity index (χ0v) is 10.8. The van der Waals surface area contributed by atoms with E-state index >= 15 is 0 Å². The fourth-order valence-electron chi connectivity index (χ4n) is 1.60. The maximum Gasteiger partial charge on any atom is 0.309 e. The number of unbranched alkanes of at least 4 members (excludes halogenated alkanes) is 7. The molecule has 0 radical (unpaired) electrons. The van der Waals surface area contributed by atoms with Crippen molar-refractivity contribution in [3.8, 4) is 0 Å². The van der Waals surface area contributed by atoms with Crippen LogP contribution in [0.3, 0.4) is 0 Å². The average molecular weight is 226 g/mol. The third-order valence-corrected chi connectivity index (χ3v) is 2.65. The van der Waals surface area contributed by atoms with Crippen molar-refractivity contribution in [3.63, 3.8) is 0 Å². The minimum atomic E-state index is -0.157. The first-order valence-electron chi connectivity index (χ1n) is 6.53. The molecular formula is C14H26O2. The lowest BCUT2D eigenvalue weighted by Crippen LogP contribution is -1.96. The highest BCUT2D eigenvalue weighted by molar-refractivity contribution is 5.70. The van der Waals surface area contributed by atoms with Crippen LogP contribution in [-0.4, -0.2) is 13.1 Å². The normalized spacial score (nSPS) is 10.9. The molecule has 0 bridgehead atoms. The van der Waals surface area contributed by atoms with Gasteiger partial charge >= 0.3 is 5.97 Å². The Bertz CT molecular complexity index is 185. The molecule has 0 aromatic heterocycles. The smallest absolute Gasteiger partial charge is 0.309 e. The van der Waals surface area contributed by atoms with Gasteiger partial charge in [0.1, 0.15) is 0 Å². The highest BCUT2D eigenvalue weighted by Crippen LogP contribution is 2.08. The Kier molecular flexibility index (Phi) is 11.7. The number of hydrogen-bond acceptors (Lipinski definition) is 2. The van der Waals surface area contributed by atoms with Gasteiger partial charge in [-0.3, -0.25) is 4.79 Å². The zero-order chi connectivity index (χ0) is 12.1. The molecule has 0 N–H and O–H groups in total. The molecule has 0 unspecified atom stereocenters. The molecule has 0 aliphatic carbocycles. The molecule has 0 saturated carbocycles. The van der Waals surface area contributed by atoms with Gasteiger partial charge in [0, 0.05) is 0 Å². The lowest BCUT2D eigenvalue weighted by Gasteiger charge is -1.98. The van der Waals surface area contributed by atoms with Gasteiger partial charge in [-0.05, 0) is 12.8 Å². The summed E-state index contributed by atoms with van der Waals surface area (Å²) in [6.45, 7) is 2.24. The molecule has 0 fully saturated rings. The van der Waals surface area contributed by atoms with E-state index in [9.17, 15) is 4.79 Å². The van der Waals surface area contributed by atoms with E-state index in [0.717, 1.165) is 6.42 Å². The molecule has 0 aliphatic rings. The first-order chi connectivity index (χ1) is 7.81. The van der Waals surface area contributed by atoms with E-state index in [1.165, 1.54) is 52.1 Å². The fourth-order valence-corrected chi connectivity index (χ4v) is 1.60. The molecule has 0 aliphatic heterocycles. The summed E-state index contributed by atoms with van der Waals surface area (Å²) in [4.78, 5) is 10.8. The van der Waals surface area contributed by atoms with Gasteiger partial charge in [-0.2, -0.15) is 0 Å². The highest BCUT2D eigenvalue weighted by Gasteiger charge is 1.93. The second-order valence-electron chi connectivity index (χ2n) is 4.16. The van der Waals surface area contributed by atoms with Crippen LogP contribution in [0.2, 0.25) is 0 Å². The highest BCUT2D eigenvalue weighted by atomic mass is 16.5. The summed E-state index contributed by atoms with van der Waals surface area (Å²) in [5.74, 6) is -0.157. The Morgan fingerprint density at radius 1 is 1.00 bits per heavy atom. The van der Waals surface area contributed by atoms with E-state index in [-0.39, 0.29) is 5.97 Å². The number of rotatable bonds is 10. The predicted octanol–water partition coefficient (Wildman–Crippen LogP) is 4.25. The second-order valence-corrected chi connectivity index (χ2v) is 4.16. The largest absolute Gasteiger partial charge is 0.469 e. The van der Waals surface area contributed by atoms with Gasteiger partial charge in [0.15, 0.2) is 0 Å². The van der Waals surface area contributed by atoms with E-state index in [2.05, 4.69) is 17.7 Å². The van der Waals surface area contributed by atoms with Gasteiger partial charge in [-0.25, -0.2) is 0 Å². The van der Waals surface area contributed by atoms with Crippen molar-refractivity contribution >= 4 is 5.97 Å². The van der Waals surface area contributed by atoms with Crippen molar-refractivity contribution in [1.82, 2.24) is 0 Å². The van der Waals surface area contributed by atoms with Crippen LogP contribution in [0.1, 0.15) is 64.7 Å². The van der Waals surface area contributed by atoms with Gasteiger partial charge < -0.3 is 4.74 Å². The molecular weight excluding hydrogens is 200 g/mol. The van der Waals surface area contributed by atoms with Crippen LogP contribution in [0.15, 0.2) is 12.2 Å². The molecule has 0 amide bonds. The van der Waals surface area contributed by atoms with Crippen molar-refractivity contribution in [2.24, 2.45) is 0 Å². The van der Waals surface area contributed by atoms with E-state index in [0.29, 0.717) is 6.42 Å². The minimum absolute atomic E-state index is 0.157. The van der Waals surface area contributed by atoms with Gasteiger partial charge in [-0.15, -0.1) is 0 Å². The number of carbonyl (C=O) groups is 1. The molecule has 16 heavy (non-hydrogen) atoms. The molecule has 0 saturated heterocycles. The molecule has 0 rings (SSSR count). The Morgan fingerprint density at radius 3 is 2.25 bits per heavy atom. The predicted molar refractivity (Wildman–Crippen MR) is 68.4 cm³/mol. The van der Waals surface area contributed by atoms with Crippen LogP contribution >= 0.6 is 0 Å². The first kappa shape index (κ1) is 15.2. The van der Waals surface area contributed by atoms with E-state index < -0.39 is 0 Å². The van der Waals surface area contributed by atoms with Gasteiger partial charge in [0.2, 0.25) is 0 Å².